The second kappa shape index (κ2) is 7.83. The Morgan fingerprint density at radius 3 is 2.88 bits per heavy atom. The van der Waals surface area contributed by atoms with Crippen LogP contribution >= 0.6 is 12.2 Å². The molecular formula is C16H22FN5O2S. The second-order valence-electron chi connectivity index (χ2n) is 5.95. The molecule has 3 N–H and O–H groups in total. The molecule has 136 valence electrons. The fraction of sp³-hybridized carbons (Fsp3) is 0.500. The number of piperazine rings is 1. The van der Waals surface area contributed by atoms with Crippen LogP contribution in [0.2, 0.25) is 0 Å². The van der Waals surface area contributed by atoms with Gasteiger partial charge in [-0.2, -0.15) is 0 Å². The van der Waals surface area contributed by atoms with Crippen LogP contribution in [0, 0.1) is 5.82 Å². The molecule has 0 radical (unpaired) electrons. The minimum Gasteiger partial charge on any atom is -0.442 e. The number of amides is 1. The van der Waals surface area contributed by atoms with Crippen LogP contribution in [0.1, 0.15) is 0 Å². The average Bonchev–Trinajstić information content (AvgIpc) is 3.01. The summed E-state index contributed by atoms with van der Waals surface area (Å²) in [7, 11) is 1.71. The van der Waals surface area contributed by atoms with Gasteiger partial charge in [0.15, 0.2) is 5.11 Å². The van der Waals surface area contributed by atoms with Gasteiger partial charge in [-0.1, -0.05) is 0 Å². The second-order valence-corrected chi connectivity index (χ2v) is 6.36. The van der Waals surface area contributed by atoms with Gasteiger partial charge in [-0.05, 0) is 30.4 Å². The Kier molecular flexibility index (Phi) is 5.54. The molecule has 1 amide bonds. The van der Waals surface area contributed by atoms with Gasteiger partial charge in [-0.25, -0.2) is 9.18 Å². The summed E-state index contributed by atoms with van der Waals surface area (Å²) in [5, 5.41) is 9.48. The molecule has 0 saturated carbocycles. The van der Waals surface area contributed by atoms with Gasteiger partial charge in [0.1, 0.15) is 11.9 Å². The summed E-state index contributed by atoms with van der Waals surface area (Å²) in [4.78, 5) is 15.5. The van der Waals surface area contributed by atoms with Crippen molar-refractivity contribution in [3.63, 3.8) is 0 Å². The molecule has 3 rings (SSSR count). The summed E-state index contributed by atoms with van der Waals surface area (Å²) in [6.45, 7) is 3.96. The minimum absolute atomic E-state index is 0.329. The lowest BCUT2D eigenvalue weighted by atomic mass is 10.2. The van der Waals surface area contributed by atoms with Crippen molar-refractivity contribution in [2.24, 2.45) is 0 Å². The van der Waals surface area contributed by atoms with Crippen molar-refractivity contribution >= 4 is 34.8 Å². The average molecular weight is 367 g/mol. The van der Waals surface area contributed by atoms with Crippen molar-refractivity contribution < 1.29 is 13.9 Å². The molecule has 9 heteroatoms. The molecular weight excluding hydrogens is 345 g/mol. The van der Waals surface area contributed by atoms with Crippen molar-refractivity contribution in [2.45, 2.75) is 6.10 Å². The van der Waals surface area contributed by atoms with Gasteiger partial charge in [-0.15, -0.1) is 0 Å². The summed E-state index contributed by atoms with van der Waals surface area (Å²) >= 11 is 5.00. The van der Waals surface area contributed by atoms with Crippen LogP contribution in [-0.2, 0) is 4.74 Å². The molecule has 2 saturated heterocycles. The number of benzene rings is 1. The quantitative estimate of drug-likeness (QED) is 0.676. The van der Waals surface area contributed by atoms with E-state index in [-0.39, 0.29) is 11.9 Å². The highest BCUT2D eigenvalue weighted by Gasteiger charge is 2.32. The highest BCUT2D eigenvalue weighted by molar-refractivity contribution is 7.80. The third-order valence-electron chi connectivity index (χ3n) is 4.29. The zero-order chi connectivity index (χ0) is 17.8. The molecule has 2 heterocycles. The monoisotopic (exact) mass is 367 g/mol. The number of nitrogens with zero attached hydrogens (tertiary/aromatic N) is 2. The van der Waals surface area contributed by atoms with Crippen LogP contribution < -0.4 is 25.8 Å². The van der Waals surface area contributed by atoms with Gasteiger partial charge < -0.3 is 25.6 Å². The van der Waals surface area contributed by atoms with E-state index in [1.54, 1.807) is 19.2 Å². The molecule has 1 aromatic rings. The van der Waals surface area contributed by atoms with Gasteiger partial charge in [-0.3, -0.25) is 4.90 Å². The van der Waals surface area contributed by atoms with Gasteiger partial charge in [0, 0.05) is 33.2 Å². The fourth-order valence-electron chi connectivity index (χ4n) is 2.96. The highest BCUT2D eigenvalue weighted by Crippen LogP contribution is 2.28. The summed E-state index contributed by atoms with van der Waals surface area (Å²) in [6.07, 6.45) is -0.814. The van der Waals surface area contributed by atoms with Crippen LogP contribution in [0.4, 0.5) is 20.6 Å². The van der Waals surface area contributed by atoms with Crippen LogP contribution in [0.25, 0.3) is 0 Å². The van der Waals surface area contributed by atoms with E-state index in [1.165, 1.54) is 11.0 Å². The maximum Gasteiger partial charge on any atom is 0.414 e. The van der Waals surface area contributed by atoms with Gasteiger partial charge in [0.2, 0.25) is 0 Å². The molecule has 0 bridgehead atoms. The number of nitrogens with one attached hydrogen (secondary N) is 3. The topological polar surface area (TPSA) is 68.9 Å². The zero-order valence-corrected chi connectivity index (χ0v) is 14.9. The predicted octanol–water partition coefficient (Wildman–Crippen LogP) is 0.654. The molecule has 2 aliphatic heterocycles. The van der Waals surface area contributed by atoms with Crippen LogP contribution in [0.3, 0.4) is 0 Å². The lowest BCUT2D eigenvalue weighted by molar-refractivity contribution is 0.143. The number of hydrogen-bond acceptors (Lipinski definition) is 5. The summed E-state index contributed by atoms with van der Waals surface area (Å²) < 4.78 is 19.8. The van der Waals surface area contributed by atoms with Crippen molar-refractivity contribution in [2.75, 3.05) is 56.1 Å². The van der Waals surface area contributed by atoms with Crippen molar-refractivity contribution in [3.05, 3.63) is 24.0 Å². The Bertz CT molecular complexity index is 653. The van der Waals surface area contributed by atoms with E-state index in [0.29, 0.717) is 29.6 Å². The number of ether oxygens (including phenoxy) is 1. The van der Waals surface area contributed by atoms with E-state index in [0.717, 1.165) is 26.2 Å². The molecule has 0 unspecified atom stereocenters. The van der Waals surface area contributed by atoms with Crippen molar-refractivity contribution in [3.8, 4) is 0 Å². The molecule has 25 heavy (non-hydrogen) atoms. The smallest absolute Gasteiger partial charge is 0.414 e. The molecule has 7 nitrogen and oxygen atoms in total. The first-order chi connectivity index (χ1) is 12.1. The Morgan fingerprint density at radius 1 is 1.44 bits per heavy atom. The maximum atomic E-state index is 14.5. The first-order valence-electron chi connectivity index (χ1n) is 8.27. The fourth-order valence-corrected chi connectivity index (χ4v) is 3.04. The van der Waals surface area contributed by atoms with Crippen LogP contribution in [-0.4, -0.2) is 63.6 Å². The van der Waals surface area contributed by atoms with Gasteiger partial charge in [0.05, 0.1) is 24.5 Å². The SMILES string of the molecule is CNC(=S)NC[C@H]1CN(c2ccc(N3CCNCC3)c(F)c2)C(=O)O1. The highest BCUT2D eigenvalue weighted by atomic mass is 32.1. The molecule has 0 spiro atoms. The number of rotatable bonds is 4. The number of carbonyl (C=O) groups is 1. The van der Waals surface area contributed by atoms with Gasteiger partial charge >= 0.3 is 6.09 Å². The number of anilines is 2. The van der Waals surface area contributed by atoms with Gasteiger partial charge in [0.25, 0.3) is 0 Å². The Balaban J connectivity index is 1.66. The molecule has 0 aromatic heterocycles. The maximum absolute atomic E-state index is 14.5. The minimum atomic E-state index is -0.475. The Labute approximate surface area is 151 Å². The zero-order valence-electron chi connectivity index (χ0n) is 14.0. The van der Waals surface area contributed by atoms with E-state index in [4.69, 9.17) is 17.0 Å². The predicted molar refractivity (Wildman–Crippen MR) is 98.8 cm³/mol. The Morgan fingerprint density at radius 2 is 2.20 bits per heavy atom. The van der Waals surface area contributed by atoms with E-state index in [2.05, 4.69) is 16.0 Å². The standard InChI is InChI=1S/C16H22FN5O2S/c1-18-15(25)20-9-12-10-22(16(23)24-12)11-2-3-14(13(17)8-11)21-6-4-19-5-7-21/h2-3,8,12,19H,4-7,9-10H2,1H3,(H2,18,20,25)/t12-/m0/s1. The van der Waals surface area contributed by atoms with E-state index >= 15 is 0 Å². The molecule has 0 aliphatic carbocycles. The lowest BCUT2D eigenvalue weighted by Crippen LogP contribution is -2.43. The van der Waals surface area contributed by atoms with E-state index < -0.39 is 6.09 Å². The third kappa shape index (κ3) is 4.10. The number of carbonyl (C=O) groups excluding carboxylic acids is 1. The molecule has 2 aliphatic rings. The summed E-state index contributed by atoms with van der Waals surface area (Å²) in [5.41, 5.74) is 1.07. The lowest BCUT2D eigenvalue weighted by Gasteiger charge is -2.30. The number of hydrogen-bond donors (Lipinski definition) is 3. The Hall–Kier alpha value is -2.13. The number of thiocarbonyl (C=S) groups is 1. The number of cyclic esters (lactones) is 1. The van der Waals surface area contributed by atoms with E-state index in [1.807, 2.05) is 4.90 Å². The van der Waals surface area contributed by atoms with E-state index in [9.17, 15) is 9.18 Å². The van der Waals surface area contributed by atoms with Crippen molar-refractivity contribution in [1.29, 1.82) is 0 Å². The number of halogens is 1. The normalized spacial score (nSPS) is 20.4. The molecule has 2 fully saturated rings. The first-order valence-corrected chi connectivity index (χ1v) is 8.68. The third-order valence-corrected chi connectivity index (χ3v) is 4.64. The van der Waals surface area contributed by atoms with Crippen LogP contribution in [0.5, 0.6) is 0 Å². The summed E-state index contributed by atoms with van der Waals surface area (Å²) in [6, 6.07) is 4.88. The van der Waals surface area contributed by atoms with Crippen LogP contribution in [0.15, 0.2) is 18.2 Å². The first kappa shape index (κ1) is 17.7. The molecule has 1 atom stereocenters. The van der Waals surface area contributed by atoms with Crippen molar-refractivity contribution in [1.82, 2.24) is 16.0 Å². The summed E-state index contributed by atoms with van der Waals surface area (Å²) in [5.74, 6) is -0.329. The molecule has 1 aromatic carbocycles. The largest absolute Gasteiger partial charge is 0.442 e.